The Labute approximate surface area is 103 Å². The van der Waals surface area contributed by atoms with Crippen LogP contribution in [-0.2, 0) is 13.1 Å². The average molecular weight is 237 g/mol. The van der Waals surface area contributed by atoms with Gasteiger partial charge in [0.15, 0.2) is 0 Å². The molecular formula is C12H23N5. The Morgan fingerprint density at radius 1 is 1.53 bits per heavy atom. The van der Waals surface area contributed by atoms with Crippen molar-refractivity contribution in [2.75, 3.05) is 13.6 Å². The summed E-state index contributed by atoms with van der Waals surface area (Å²) in [4.78, 5) is 6.65. The first kappa shape index (κ1) is 12.5. The zero-order valence-electron chi connectivity index (χ0n) is 10.8. The van der Waals surface area contributed by atoms with Crippen LogP contribution in [-0.4, -0.2) is 39.3 Å². The van der Waals surface area contributed by atoms with Crippen molar-refractivity contribution in [3.8, 4) is 0 Å². The monoisotopic (exact) mass is 237 g/mol. The number of hydrogen-bond donors (Lipinski definition) is 1. The predicted octanol–water partition coefficient (Wildman–Crippen LogP) is 0.857. The molecule has 0 aromatic carbocycles. The Bertz CT molecular complexity index is 342. The molecule has 17 heavy (non-hydrogen) atoms. The van der Waals surface area contributed by atoms with Gasteiger partial charge in [-0.05, 0) is 32.2 Å². The van der Waals surface area contributed by atoms with Gasteiger partial charge in [0.2, 0.25) is 0 Å². The van der Waals surface area contributed by atoms with Gasteiger partial charge in [0, 0.05) is 19.1 Å². The minimum absolute atomic E-state index is 0.442. The van der Waals surface area contributed by atoms with E-state index in [-0.39, 0.29) is 0 Å². The molecule has 0 amide bonds. The van der Waals surface area contributed by atoms with Crippen LogP contribution in [0.3, 0.4) is 0 Å². The van der Waals surface area contributed by atoms with E-state index in [1.807, 2.05) is 4.68 Å². The molecule has 1 aromatic heterocycles. The molecule has 5 nitrogen and oxygen atoms in total. The first-order valence-electron chi connectivity index (χ1n) is 6.49. The maximum Gasteiger partial charge on any atom is 0.140 e. The molecule has 0 unspecified atom stereocenters. The van der Waals surface area contributed by atoms with E-state index in [0.717, 1.165) is 37.8 Å². The molecule has 96 valence electrons. The smallest absolute Gasteiger partial charge is 0.140 e. The maximum atomic E-state index is 5.80. The summed E-state index contributed by atoms with van der Waals surface area (Å²) in [5.74, 6) is 1.84. The highest BCUT2D eigenvalue weighted by atomic mass is 15.3. The Balaban J connectivity index is 1.80. The zero-order valence-corrected chi connectivity index (χ0v) is 10.8. The minimum atomic E-state index is 0.442. The number of aryl methyl sites for hydroxylation is 1. The Morgan fingerprint density at radius 3 is 2.94 bits per heavy atom. The van der Waals surface area contributed by atoms with Gasteiger partial charge in [-0.1, -0.05) is 6.92 Å². The van der Waals surface area contributed by atoms with Crippen LogP contribution in [0.4, 0.5) is 0 Å². The summed E-state index contributed by atoms with van der Waals surface area (Å²) in [6, 6.07) is 0.442. The lowest BCUT2D eigenvalue weighted by atomic mass is 9.81. The third kappa shape index (κ3) is 3.26. The van der Waals surface area contributed by atoms with Crippen LogP contribution in [0.2, 0.25) is 0 Å². The van der Waals surface area contributed by atoms with Crippen molar-refractivity contribution >= 4 is 0 Å². The number of rotatable bonds is 6. The van der Waals surface area contributed by atoms with E-state index < -0.39 is 0 Å². The lowest BCUT2D eigenvalue weighted by Crippen LogP contribution is -2.41. The predicted molar refractivity (Wildman–Crippen MR) is 67.3 cm³/mol. The van der Waals surface area contributed by atoms with Gasteiger partial charge in [0.05, 0.1) is 6.54 Å². The van der Waals surface area contributed by atoms with E-state index in [4.69, 9.17) is 5.73 Å². The number of nitrogens with zero attached hydrogens (tertiary/aromatic N) is 4. The topological polar surface area (TPSA) is 60.0 Å². The van der Waals surface area contributed by atoms with Crippen LogP contribution < -0.4 is 5.73 Å². The van der Waals surface area contributed by atoms with Crippen LogP contribution in [0, 0.1) is 5.92 Å². The Morgan fingerprint density at radius 2 is 2.29 bits per heavy atom. The van der Waals surface area contributed by atoms with Crippen molar-refractivity contribution in [2.24, 2.45) is 11.7 Å². The van der Waals surface area contributed by atoms with E-state index in [2.05, 4.69) is 29.0 Å². The summed E-state index contributed by atoms with van der Waals surface area (Å²) in [5, 5.41) is 4.24. The number of hydrogen-bond acceptors (Lipinski definition) is 4. The van der Waals surface area contributed by atoms with Crippen molar-refractivity contribution in [1.29, 1.82) is 0 Å². The molecule has 5 heteroatoms. The third-order valence-electron chi connectivity index (χ3n) is 3.38. The van der Waals surface area contributed by atoms with Crippen molar-refractivity contribution in [2.45, 2.75) is 45.3 Å². The summed E-state index contributed by atoms with van der Waals surface area (Å²) in [6.45, 7) is 5.11. The van der Waals surface area contributed by atoms with Crippen molar-refractivity contribution in [3.05, 3.63) is 12.2 Å². The van der Waals surface area contributed by atoms with Gasteiger partial charge in [-0.3, -0.25) is 4.90 Å². The van der Waals surface area contributed by atoms with Crippen LogP contribution in [0.1, 0.15) is 32.0 Å². The van der Waals surface area contributed by atoms with E-state index >= 15 is 0 Å². The van der Waals surface area contributed by atoms with Gasteiger partial charge in [-0.2, -0.15) is 5.10 Å². The lowest BCUT2D eigenvalue weighted by molar-refractivity contribution is 0.174. The van der Waals surface area contributed by atoms with Gasteiger partial charge >= 0.3 is 0 Å². The molecule has 0 saturated heterocycles. The maximum absolute atomic E-state index is 5.80. The molecule has 1 heterocycles. The van der Waals surface area contributed by atoms with E-state index in [1.165, 1.54) is 12.8 Å². The summed E-state index contributed by atoms with van der Waals surface area (Å²) in [6.07, 6.45) is 5.09. The fourth-order valence-electron chi connectivity index (χ4n) is 2.49. The molecule has 0 bridgehead atoms. The van der Waals surface area contributed by atoms with Crippen LogP contribution in [0.5, 0.6) is 0 Å². The second kappa shape index (κ2) is 5.60. The molecule has 0 spiro atoms. The molecule has 1 saturated carbocycles. The van der Waals surface area contributed by atoms with Gasteiger partial charge in [-0.15, -0.1) is 0 Å². The first-order valence-corrected chi connectivity index (χ1v) is 6.49. The van der Waals surface area contributed by atoms with Gasteiger partial charge in [-0.25, -0.2) is 9.67 Å². The average Bonchev–Trinajstić information content (AvgIpc) is 2.64. The first-order chi connectivity index (χ1) is 8.19. The lowest BCUT2D eigenvalue weighted by Gasteiger charge is -2.35. The summed E-state index contributed by atoms with van der Waals surface area (Å²) >= 11 is 0. The molecule has 2 rings (SSSR count). The molecule has 0 aliphatic heterocycles. The van der Waals surface area contributed by atoms with Crippen molar-refractivity contribution in [1.82, 2.24) is 19.7 Å². The number of aromatic nitrogens is 3. The van der Waals surface area contributed by atoms with Gasteiger partial charge < -0.3 is 5.73 Å². The van der Waals surface area contributed by atoms with Crippen LogP contribution in [0.15, 0.2) is 6.33 Å². The van der Waals surface area contributed by atoms with E-state index in [9.17, 15) is 0 Å². The molecule has 1 aliphatic rings. The van der Waals surface area contributed by atoms with Gasteiger partial charge in [0.25, 0.3) is 0 Å². The molecule has 0 atom stereocenters. The van der Waals surface area contributed by atoms with Gasteiger partial charge in [0.1, 0.15) is 12.2 Å². The molecular weight excluding hydrogens is 214 g/mol. The Kier molecular flexibility index (Phi) is 4.12. The summed E-state index contributed by atoms with van der Waals surface area (Å²) in [5.41, 5.74) is 5.80. The molecule has 1 aliphatic carbocycles. The van der Waals surface area contributed by atoms with Crippen LogP contribution in [0.25, 0.3) is 0 Å². The standard InChI is InChI=1S/C12H23N5/c1-3-4-17-12(14-9-15-17)8-16(2)7-10-5-11(13)6-10/h9-11H,3-8,13H2,1-2H3. The molecule has 0 radical (unpaired) electrons. The largest absolute Gasteiger partial charge is 0.328 e. The minimum Gasteiger partial charge on any atom is -0.328 e. The fraction of sp³-hybridized carbons (Fsp3) is 0.833. The molecule has 1 fully saturated rings. The fourth-order valence-corrected chi connectivity index (χ4v) is 2.49. The van der Waals surface area contributed by atoms with Crippen molar-refractivity contribution < 1.29 is 0 Å². The highest BCUT2D eigenvalue weighted by molar-refractivity contribution is 4.87. The summed E-state index contributed by atoms with van der Waals surface area (Å²) < 4.78 is 2.00. The highest BCUT2D eigenvalue weighted by Crippen LogP contribution is 2.26. The normalized spacial score (nSPS) is 24.0. The van der Waals surface area contributed by atoms with Crippen molar-refractivity contribution in [3.63, 3.8) is 0 Å². The van der Waals surface area contributed by atoms with Crippen LogP contribution >= 0.6 is 0 Å². The number of nitrogens with two attached hydrogens (primary N) is 1. The highest BCUT2D eigenvalue weighted by Gasteiger charge is 2.26. The quantitative estimate of drug-likeness (QED) is 0.797. The molecule has 2 N–H and O–H groups in total. The van der Waals surface area contributed by atoms with E-state index in [0.29, 0.717) is 6.04 Å². The summed E-state index contributed by atoms with van der Waals surface area (Å²) in [7, 11) is 2.15. The Hall–Kier alpha value is -0.940. The zero-order chi connectivity index (χ0) is 12.3. The second-order valence-electron chi connectivity index (χ2n) is 5.19. The third-order valence-corrected chi connectivity index (χ3v) is 3.38. The SMILES string of the molecule is CCCn1ncnc1CN(C)CC1CC(N)C1. The second-order valence-corrected chi connectivity index (χ2v) is 5.19. The molecule has 1 aromatic rings. The van der Waals surface area contributed by atoms with E-state index in [1.54, 1.807) is 6.33 Å².